The summed E-state index contributed by atoms with van der Waals surface area (Å²) in [6.07, 6.45) is 2.53. The number of ether oxygens (including phenoxy) is 1. The number of nitrogens with one attached hydrogen (secondary N) is 1. The molecule has 1 N–H and O–H groups in total. The molecule has 3 aromatic rings. The van der Waals surface area contributed by atoms with Crippen molar-refractivity contribution in [2.45, 2.75) is 32.7 Å². The molecule has 0 aliphatic carbocycles. The average Bonchev–Trinajstić information content (AvgIpc) is 3.08. The first kappa shape index (κ1) is 18.0. The maximum Gasteiger partial charge on any atom is 0.328 e. The van der Waals surface area contributed by atoms with Crippen molar-refractivity contribution < 1.29 is 18.7 Å². The van der Waals surface area contributed by atoms with E-state index >= 15 is 0 Å². The van der Waals surface area contributed by atoms with Crippen LogP contribution in [0, 0.1) is 5.92 Å². The third kappa shape index (κ3) is 3.43. The number of methoxy groups -OCH3 is 1. The van der Waals surface area contributed by atoms with Gasteiger partial charge in [-0.25, -0.2) is 4.79 Å². The van der Waals surface area contributed by atoms with E-state index in [1.807, 2.05) is 50.2 Å². The van der Waals surface area contributed by atoms with E-state index in [0.717, 1.165) is 33.7 Å². The predicted molar refractivity (Wildman–Crippen MR) is 101 cm³/mol. The lowest BCUT2D eigenvalue weighted by Crippen LogP contribution is -2.46. The maximum absolute atomic E-state index is 12.6. The number of benzene rings is 2. The summed E-state index contributed by atoms with van der Waals surface area (Å²) in [6, 6.07) is 11.3. The first-order chi connectivity index (χ1) is 12.5. The summed E-state index contributed by atoms with van der Waals surface area (Å²) in [7, 11) is 1.33. The van der Waals surface area contributed by atoms with E-state index in [2.05, 4.69) is 5.32 Å². The SMILES string of the molecule is CC[C@H](C)[C@@H](NC(=O)Cc1coc2ccc3ccccc3c12)C(=O)OC. The van der Waals surface area contributed by atoms with Gasteiger partial charge >= 0.3 is 5.97 Å². The van der Waals surface area contributed by atoms with E-state index in [-0.39, 0.29) is 18.2 Å². The van der Waals surface area contributed by atoms with Gasteiger partial charge in [-0.1, -0.05) is 50.6 Å². The molecule has 136 valence electrons. The molecular weight excluding hydrogens is 330 g/mol. The van der Waals surface area contributed by atoms with E-state index in [9.17, 15) is 9.59 Å². The summed E-state index contributed by atoms with van der Waals surface area (Å²) in [6.45, 7) is 3.89. The first-order valence-electron chi connectivity index (χ1n) is 8.80. The molecule has 3 rings (SSSR count). The number of furan rings is 1. The van der Waals surface area contributed by atoms with Gasteiger partial charge in [-0.2, -0.15) is 0 Å². The fraction of sp³-hybridized carbons (Fsp3) is 0.333. The van der Waals surface area contributed by atoms with Crippen LogP contribution >= 0.6 is 0 Å². The van der Waals surface area contributed by atoms with Gasteiger partial charge in [-0.05, 0) is 22.8 Å². The number of rotatable bonds is 6. The second-order valence-electron chi connectivity index (χ2n) is 6.55. The van der Waals surface area contributed by atoms with Crippen LogP contribution in [0.1, 0.15) is 25.8 Å². The van der Waals surface area contributed by atoms with E-state index < -0.39 is 12.0 Å². The maximum atomic E-state index is 12.6. The fourth-order valence-corrected chi connectivity index (χ4v) is 3.20. The van der Waals surface area contributed by atoms with Crippen LogP contribution in [0.3, 0.4) is 0 Å². The van der Waals surface area contributed by atoms with Gasteiger partial charge in [0.2, 0.25) is 5.91 Å². The first-order valence-corrected chi connectivity index (χ1v) is 8.80. The molecular formula is C21H23NO4. The second kappa shape index (κ2) is 7.60. The Hall–Kier alpha value is -2.82. The Bertz CT molecular complexity index is 943. The van der Waals surface area contributed by atoms with Crippen molar-refractivity contribution in [3.8, 4) is 0 Å². The van der Waals surface area contributed by atoms with Crippen molar-refractivity contribution in [3.63, 3.8) is 0 Å². The van der Waals surface area contributed by atoms with Crippen LogP contribution in [0.4, 0.5) is 0 Å². The molecule has 2 atom stereocenters. The number of hydrogen-bond acceptors (Lipinski definition) is 4. The Labute approximate surface area is 152 Å². The molecule has 0 bridgehead atoms. The lowest BCUT2D eigenvalue weighted by atomic mass is 9.98. The molecule has 0 aliphatic heterocycles. The van der Waals surface area contributed by atoms with Gasteiger partial charge in [0.15, 0.2) is 0 Å². The van der Waals surface area contributed by atoms with Crippen molar-refractivity contribution in [1.82, 2.24) is 5.32 Å². The molecule has 0 unspecified atom stereocenters. The Balaban J connectivity index is 1.87. The molecule has 5 nitrogen and oxygen atoms in total. The van der Waals surface area contributed by atoms with Gasteiger partial charge in [-0.3, -0.25) is 4.79 Å². The minimum atomic E-state index is -0.646. The summed E-state index contributed by atoms with van der Waals surface area (Å²) in [5, 5.41) is 5.90. The topological polar surface area (TPSA) is 68.5 Å². The van der Waals surface area contributed by atoms with Gasteiger partial charge in [0.05, 0.1) is 19.8 Å². The summed E-state index contributed by atoms with van der Waals surface area (Å²) in [5.74, 6) is -0.653. The molecule has 1 heterocycles. The number of amides is 1. The third-order valence-corrected chi connectivity index (χ3v) is 4.88. The summed E-state index contributed by atoms with van der Waals surface area (Å²) < 4.78 is 10.5. The number of fused-ring (bicyclic) bond motifs is 3. The number of carbonyl (C=O) groups is 2. The molecule has 2 aromatic carbocycles. The Morgan fingerprint density at radius 3 is 2.69 bits per heavy atom. The van der Waals surface area contributed by atoms with Crippen molar-refractivity contribution in [2.75, 3.05) is 7.11 Å². The standard InChI is InChI=1S/C21H23NO4/c1-4-13(2)20(21(24)25-3)22-18(23)11-15-12-26-17-10-9-14-7-5-6-8-16(14)19(15)17/h5-10,12-13,20H,4,11H2,1-3H3,(H,22,23)/t13-,20+/m0/s1. The summed E-state index contributed by atoms with van der Waals surface area (Å²) >= 11 is 0. The Kier molecular flexibility index (Phi) is 5.26. The Morgan fingerprint density at radius 1 is 1.19 bits per heavy atom. The van der Waals surface area contributed by atoms with Gasteiger partial charge in [-0.15, -0.1) is 0 Å². The molecule has 0 fully saturated rings. The van der Waals surface area contributed by atoms with Crippen LogP contribution in [0.15, 0.2) is 47.1 Å². The molecule has 0 aliphatic rings. The summed E-state index contributed by atoms with van der Waals surface area (Å²) in [4.78, 5) is 24.6. The molecule has 26 heavy (non-hydrogen) atoms. The minimum absolute atomic E-state index is 0.00618. The van der Waals surface area contributed by atoms with E-state index in [4.69, 9.17) is 9.15 Å². The minimum Gasteiger partial charge on any atom is -0.467 e. The van der Waals surface area contributed by atoms with E-state index in [1.54, 1.807) is 6.26 Å². The van der Waals surface area contributed by atoms with Gasteiger partial charge in [0.1, 0.15) is 11.6 Å². The molecule has 0 spiro atoms. The highest BCUT2D eigenvalue weighted by Crippen LogP contribution is 2.30. The normalized spacial score (nSPS) is 13.5. The number of carbonyl (C=O) groups excluding carboxylic acids is 2. The highest BCUT2D eigenvalue weighted by Gasteiger charge is 2.27. The number of esters is 1. The van der Waals surface area contributed by atoms with Crippen molar-refractivity contribution in [3.05, 3.63) is 48.2 Å². The van der Waals surface area contributed by atoms with Crippen LogP contribution < -0.4 is 5.32 Å². The van der Waals surface area contributed by atoms with Gasteiger partial charge in [0.25, 0.3) is 0 Å². The molecule has 1 amide bonds. The molecule has 5 heteroatoms. The van der Waals surface area contributed by atoms with Crippen LogP contribution in [0.2, 0.25) is 0 Å². The lowest BCUT2D eigenvalue weighted by Gasteiger charge is -2.21. The van der Waals surface area contributed by atoms with E-state index in [0.29, 0.717) is 0 Å². The predicted octanol–water partition coefficient (Wildman–Crippen LogP) is 3.83. The zero-order valence-corrected chi connectivity index (χ0v) is 15.2. The summed E-state index contributed by atoms with van der Waals surface area (Å²) in [5.41, 5.74) is 1.56. The zero-order chi connectivity index (χ0) is 18.7. The smallest absolute Gasteiger partial charge is 0.328 e. The fourth-order valence-electron chi connectivity index (χ4n) is 3.20. The zero-order valence-electron chi connectivity index (χ0n) is 15.2. The Morgan fingerprint density at radius 2 is 1.96 bits per heavy atom. The molecule has 0 saturated heterocycles. The molecule has 0 radical (unpaired) electrons. The lowest BCUT2D eigenvalue weighted by molar-refractivity contribution is -0.146. The third-order valence-electron chi connectivity index (χ3n) is 4.88. The highest BCUT2D eigenvalue weighted by molar-refractivity contribution is 6.08. The van der Waals surface area contributed by atoms with Crippen molar-refractivity contribution in [2.24, 2.45) is 5.92 Å². The molecule has 1 aromatic heterocycles. The van der Waals surface area contributed by atoms with E-state index in [1.165, 1.54) is 7.11 Å². The average molecular weight is 353 g/mol. The van der Waals surface area contributed by atoms with Gasteiger partial charge < -0.3 is 14.5 Å². The van der Waals surface area contributed by atoms with Crippen molar-refractivity contribution in [1.29, 1.82) is 0 Å². The quantitative estimate of drug-likeness (QED) is 0.684. The van der Waals surface area contributed by atoms with Crippen LogP contribution in [-0.4, -0.2) is 25.0 Å². The van der Waals surface area contributed by atoms with Crippen LogP contribution in [-0.2, 0) is 20.7 Å². The largest absolute Gasteiger partial charge is 0.467 e. The van der Waals surface area contributed by atoms with Crippen LogP contribution in [0.25, 0.3) is 21.7 Å². The monoisotopic (exact) mass is 353 g/mol. The second-order valence-corrected chi connectivity index (χ2v) is 6.55. The molecule has 0 saturated carbocycles. The number of hydrogen-bond donors (Lipinski definition) is 1. The van der Waals surface area contributed by atoms with Crippen molar-refractivity contribution >= 4 is 33.6 Å². The van der Waals surface area contributed by atoms with Crippen LogP contribution in [0.5, 0.6) is 0 Å². The highest BCUT2D eigenvalue weighted by atomic mass is 16.5. The van der Waals surface area contributed by atoms with Gasteiger partial charge in [0, 0.05) is 10.9 Å².